The summed E-state index contributed by atoms with van der Waals surface area (Å²) in [5.41, 5.74) is -0.947. The fraction of sp³-hybridized carbons (Fsp3) is 0.643. The summed E-state index contributed by atoms with van der Waals surface area (Å²) < 4.78 is 0. The van der Waals surface area contributed by atoms with Crippen molar-refractivity contribution in [2.45, 2.75) is 115 Å². The molecule has 0 aromatic heterocycles. The molecule has 4 heteroatoms. The summed E-state index contributed by atoms with van der Waals surface area (Å²) in [4.78, 5) is 25.1. The van der Waals surface area contributed by atoms with Crippen LogP contribution < -0.4 is 0 Å². The number of benzene rings is 1. The van der Waals surface area contributed by atoms with Gasteiger partial charge in [-0.1, -0.05) is 127 Å². The number of fused-ring (bicyclic) bond motifs is 1. The second kappa shape index (κ2) is 12.8. The highest BCUT2D eigenvalue weighted by atomic mass is 16.4. The SMILES string of the molecule is CCCCCCCC[C@]1(C(=O)O)C=C[C@@](CCCCCCCC)(C(=O)O)c2ccccc21. The first-order valence-corrected chi connectivity index (χ1v) is 12.7. The molecule has 0 fully saturated rings. The molecule has 0 saturated heterocycles. The van der Waals surface area contributed by atoms with Crippen LogP contribution in [0.2, 0.25) is 0 Å². The summed E-state index contributed by atoms with van der Waals surface area (Å²) in [5.74, 6) is -1.76. The molecule has 2 rings (SSSR count). The molecule has 0 amide bonds. The van der Waals surface area contributed by atoms with Gasteiger partial charge in [-0.25, -0.2) is 0 Å². The first-order chi connectivity index (χ1) is 15.4. The number of carbonyl (C=O) groups is 2. The molecule has 32 heavy (non-hydrogen) atoms. The standard InChI is InChI=1S/C28H42O4/c1-3-5-7-9-11-15-19-27(25(29)30)21-22-28(26(31)32,20-16-12-10-8-6-4-2)24-18-14-13-17-23(24)27/h13-14,17-18,21-22H,3-12,15-16,19-20H2,1-2H3,(H,29,30)(H,31,32)/t27-,28+. The molecule has 0 radical (unpaired) electrons. The molecule has 2 N–H and O–H groups in total. The Hall–Kier alpha value is -2.10. The fourth-order valence-corrected chi connectivity index (χ4v) is 5.12. The lowest BCUT2D eigenvalue weighted by Gasteiger charge is -2.40. The van der Waals surface area contributed by atoms with Crippen molar-refractivity contribution >= 4 is 11.9 Å². The van der Waals surface area contributed by atoms with Gasteiger partial charge in [0.15, 0.2) is 0 Å². The Bertz CT molecular complexity index is 705. The third kappa shape index (κ3) is 6.02. The third-order valence-electron chi connectivity index (χ3n) is 7.15. The summed E-state index contributed by atoms with van der Waals surface area (Å²) in [7, 11) is 0. The molecule has 0 saturated carbocycles. The van der Waals surface area contributed by atoms with Gasteiger partial charge in [0.1, 0.15) is 10.8 Å². The molecule has 1 aliphatic carbocycles. The van der Waals surface area contributed by atoms with E-state index in [2.05, 4.69) is 13.8 Å². The van der Waals surface area contributed by atoms with Gasteiger partial charge in [0.05, 0.1) is 0 Å². The molecule has 0 unspecified atom stereocenters. The van der Waals surface area contributed by atoms with Crippen molar-refractivity contribution in [2.24, 2.45) is 0 Å². The molecular formula is C28H42O4. The molecule has 0 aliphatic heterocycles. The summed E-state index contributed by atoms with van der Waals surface area (Å²) in [5, 5.41) is 20.6. The minimum atomic E-state index is -1.14. The van der Waals surface area contributed by atoms with Gasteiger partial charge < -0.3 is 10.2 Å². The predicted octanol–water partition coefficient (Wildman–Crippen LogP) is 7.40. The van der Waals surface area contributed by atoms with Gasteiger partial charge in [-0.05, 0) is 24.0 Å². The van der Waals surface area contributed by atoms with Crippen LogP contribution in [0.1, 0.15) is 115 Å². The van der Waals surface area contributed by atoms with E-state index in [0.29, 0.717) is 24.0 Å². The highest BCUT2D eigenvalue weighted by Crippen LogP contribution is 2.47. The fourth-order valence-electron chi connectivity index (χ4n) is 5.12. The van der Waals surface area contributed by atoms with E-state index in [4.69, 9.17) is 0 Å². The van der Waals surface area contributed by atoms with Gasteiger partial charge in [-0.15, -0.1) is 0 Å². The number of aliphatic carboxylic acids is 2. The van der Waals surface area contributed by atoms with Crippen molar-refractivity contribution in [2.75, 3.05) is 0 Å². The van der Waals surface area contributed by atoms with Gasteiger partial charge in [0.2, 0.25) is 0 Å². The number of carboxylic acids is 2. The monoisotopic (exact) mass is 442 g/mol. The zero-order valence-corrected chi connectivity index (χ0v) is 20.1. The van der Waals surface area contributed by atoms with E-state index in [-0.39, 0.29) is 0 Å². The summed E-state index contributed by atoms with van der Waals surface area (Å²) in [6.45, 7) is 4.37. The molecule has 0 spiro atoms. The Morgan fingerprint density at radius 2 is 0.969 bits per heavy atom. The van der Waals surface area contributed by atoms with Crippen LogP contribution in [0.5, 0.6) is 0 Å². The normalized spacial score (nSPS) is 21.9. The lowest BCUT2D eigenvalue weighted by Crippen LogP contribution is -2.45. The lowest BCUT2D eigenvalue weighted by molar-refractivity contribution is -0.145. The minimum absolute atomic E-state index is 0.509. The van der Waals surface area contributed by atoms with E-state index in [1.54, 1.807) is 12.2 Å². The number of carboxylic acid groups (broad SMARTS) is 2. The molecule has 1 aromatic carbocycles. The second-order valence-electron chi connectivity index (χ2n) is 9.47. The Morgan fingerprint density at radius 3 is 1.31 bits per heavy atom. The van der Waals surface area contributed by atoms with Crippen LogP contribution in [0, 0.1) is 0 Å². The largest absolute Gasteiger partial charge is 0.480 e. The van der Waals surface area contributed by atoms with E-state index in [9.17, 15) is 19.8 Å². The predicted molar refractivity (Wildman–Crippen MR) is 130 cm³/mol. The van der Waals surface area contributed by atoms with Crippen LogP contribution in [-0.2, 0) is 20.4 Å². The Kier molecular flexibility index (Phi) is 10.5. The molecule has 0 heterocycles. The Labute approximate surface area is 194 Å². The number of hydrogen-bond acceptors (Lipinski definition) is 2. The first-order valence-electron chi connectivity index (χ1n) is 12.7. The summed E-state index contributed by atoms with van der Waals surface area (Å²) >= 11 is 0. The first kappa shape index (κ1) is 26.2. The van der Waals surface area contributed by atoms with Crippen LogP contribution in [0.15, 0.2) is 36.4 Å². The van der Waals surface area contributed by atoms with Gasteiger partial charge in [0, 0.05) is 0 Å². The number of rotatable bonds is 16. The van der Waals surface area contributed by atoms with Crippen LogP contribution in [-0.4, -0.2) is 22.2 Å². The zero-order chi connectivity index (χ0) is 23.5. The minimum Gasteiger partial charge on any atom is -0.480 e. The van der Waals surface area contributed by atoms with Crippen molar-refractivity contribution < 1.29 is 19.8 Å². The summed E-state index contributed by atoms with van der Waals surface area (Å²) in [6.07, 6.45) is 17.5. The Morgan fingerprint density at radius 1 is 0.625 bits per heavy atom. The lowest BCUT2D eigenvalue weighted by atomic mass is 9.62. The van der Waals surface area contributed by atoms with E-state index in [1.807, 2.05) is 24.3 Å². The molecule has 4 nitrogen and oxygen atoms in total. The van der Waals surface area contributed by atoms with Crippen LogP contribution >= 0.6 is 0 Å². The molecule has 0 bridgehead atoms. The van der Waals surface area contributed by atoms with Crippen LogP contribution in [0.25, 0.3) is 0 Å². The molecule has 2 atom stereocenters. The Balaban J connectivity index is 2.25. The van der Waals surface area contributed by atoms with Crippen LogP contribution in [0.3, 0.4) is 0 Å². The van der Waals surface area contributed by atoms with Gasteiger partial charge in [-0.2, -0.15) is 0 Å². The van der Waals surface area contributed by atoms with E-state index >= 15 is 0 Å². The molecule has 1 aliphatic rings. The molecule has 1 aromatic rings. The smallest absolute Gasteiger partial charge is 0.318 e. The molecular weight excluding hydrogens is 400 g/mol. The maximum Gasteiger partial charge on any atom is 0.318 e. The van der Waals surface area contributed by atoms with E-state index in [1.165, 1.54) is 38.5 Å². The highest BCUT2D eigenvalue weighted by molar-refractivity contribution is 5.91. The summed E-state index contributed by atoms with van der Waals surface area (Å²) in [6, 6.07) is 7.36. The van der Waals surface area contributed by atoms with Gasteiger partial charge in [0.25, 0.3) is 0 Å². The number of hydrogen-bond donors (Lipinski definition) is 2. The average Bonchev–Trinajstić information content (AvgIpc) is 2.79. The number of unbranched alkanes of at least 4 members (excludes halogenated alkanes) is 10. The quantitative estimate of drug-likeness (QED) is 0.206. The van der Waals surface area contributed by atoms with E-state index in [0.717, 1.165) is 38.5 Å². The molecule has 178 valence electrons. The van der Waals surface area contributed by atoms with Crippen molar-refractivity contribution in [3.05, 3.63) is 47.5 Å². The van der Waals surface area contributed by atoms with Crippen molar-refractivity contribution in [3.8, 4) is 0 Å². The van der Waals surface area contributed by atoms with E-state index < -0.39 is 22.8 Å². The van der Waals surface area contributed by atoms with Crippen molar-refractivity contribution in [1.82, 2.24) is 0 Å². The van der Waals surface area contributed by atoms with Gasteiger partial charge >= 0.3 is 11.9 Å². The maximum absolute atomic E-state index is 12.5. The maximum atomic E-state index is 12.5. The average molecular weight is 443 g/mol. The van der Waals surface area contributed by atoms with Crippen molar-refractivity contribution in [1.29, 1.82) is 0 Å². The zero-order valence-electron chi connectivity index (χ0n) is 20.1. The van der Waals surface area contributed by atoms with Crippen molar-refractivity contribution in [3.63, 3.8) is 0 Å². The second-order valence-corrected chi connectivity index (χ2v) is 9.47. The highest BCUT2D eigenvalue weighted by Gasteiger charge is 2.49. The van der Waals surface area contributed by atoms with Gasteiger partial charge in [-0.3, -0.25) is 9.59 Å². The third-order valence-corrected chi connectivity index (χ3v) is 7.15. The van der Waals surface area contributed by atoms with Crippen LogP contribution in [0.4, 0.5) is 0 Å². The topological polar surface area (TPSA) is 74.6 Å².